The fraction of sp³-hybridized carbons (Fsp3) is 0.611. The standard InChI is InChI=1S/C18H28N4O4/c1-3-14(4-2)17(21-8-10-26-11-9-21)13-19-18(23)20-15-6-5-7-16(12-15)22(24)25/h5-7,12,14,17H,3-4,8-11,13H2,1-2H3,(H2,19,20,23). The summed E-state index contributed by atoms with van der Waals surface area (Å²) in [7, 11) is 0. The minimum Gasteiger partial charge on any atom is -0.379 e. The van der Waals surface area contributed by atoms with Gasteiger partial charge in [0.15, 0.2) is 0 Å². The van der Waals surface area contributed by atoms with Crippen LogP contribution in [-0.4, -0.2) is 54.7 Å². The fourth-order valence-corrected chi connectivity index (χ4v) is 3.41. The van der Waals surface area contributed by atoms with Crippen molar-refractivity contribution in [2.45, 2.75) is 32.7 Å². The van der Waals surface area contributed by atoms with Gasteiger partial charge in [-0.15, -0.1) is 0 Å². The van der Waals surface area contributed by atoms with Crippen LogP contribution in [0.3, 0.4) is 0 Å². The van der Waals surface area contributed by atoms with Crippen molar-refractivity contribution in [3.63, 3.8) is 0 Å². The molecule has 1 unspecified atom stereocenters. The zero-order valence-electron chi connectivity index (χ0n) is 15.4. The quantitative estimate of drug-likeness (QED) is 0.546. The van der Waals surface area contributed by atoms with Crippen LogP contribution in [0, 0.1) is 16.0 Å². The van der Waals surface area contributed by atoms with Crippen molar-refractivity contribution in [2.24, 2.45) is 5.92 Å². The summed E-state index contributed by atoms with van der Waals surface area (Å²) in [6.45, 7) is 8.06. The van der Waals surface area contributed by atoms with E-state index in [1.165, 1.54) is 12.1 Å². The van der Waals surface area contributed by atoms with Gasteiger partial charge in [0.2, 0.25) is 0 Å². The fourth-order valence-electron chi connectivity index (χ4n) is 3.41. The highest BCUT2D eigenvalue weighted by Crippen LogP contribution is 2.20. The molecule has 2 N–H and O–H groups in total. The van der Waals surface area contributed by atoms with Crippen molar-refractivity contribution >= 4 is 17.4 Å². The maximum atomic E-state index is 12.2. The Bertz CT molecular complexity index is 601. The average molecular weight is 364 g/mol. The number of morpholine rings is 1. The first-order chi connectivity index (χ1) is 12.5. The maximum Gasteiger partial charge on any atom is 0.319 e. The predicted octanol–water partition coefficient (Wildman–Crippen LogP) is 2.85. The van der Waals surface area contributed by atoms with E-state index in [0.29, 0.717) is 18.2 Å². The number of nitrogens with zero attached hydrogens (tertiary/aromatic N) is 2. The number of amides is 2. The summed E-state index contributed by atoms with van der Waals surface area (Å²) in [6, 6.07) is 5.82. The van der Waals surface area contributed by atoms with Crippen molar-refractivity contribution < 1.29 is 14.5 Å². The Balaban J connectivity index is 1.95. The van der Waals surface area contributed by atoms with Crippen LogP contribution in [0.4, 0.5) is 16.2 Å². The lowest BCUT2D eigenvalue weighted by Gasteiger charge is -2.38. The van der Waals surface area contributed by atoms with Crippen LogP contribution in [0.15, 0.2) is 24.3 Å². The predicted molar refractivity (Wildman–Crippen MR) is 100 cm³/mol. The highest BCUT2D eigenvalue weighted by Gasteiger charge is 2.27. The van der Waals surface area contributed by atoms with Crippen LogP contribution in [0.5, 0.6) is 0 Å². The number of rotatable bonds is 8. The van der Waals surface area contributed by atoms with Gasteiger partial charge in [-0.1, -0.05) is 32.8 Å². The Hall–Kier alpha value is -2.19. The Morgan fingerprint density at radius 1 is 1.31 bits per heavy atom. The third-order valence-electron chi connectivity index (χ3n) is 4.89. The van der Waals surface area contributed by atoms with Gasteiger partial charge in [-0.3, -0.25) is 15.0 Å². The molecule has 0 spiro atoms. The molecule has 0 saturated carbocycles. The second-order valence-electron chi connectivity index (χ2n) is 6.43. The largest absolute Gasteiger partial charge is 0.379 e. The van der Waals surface area contributed by atoms with E-state index in [-0.39, 0.29) is 17.8 Å². The molecule has 2 rings (SSSR count). The molecule has 2 amide bonds. The van der Waals surface area contributed by atoms with Crippen molar-refractivity contribution in [3.8, 4) is 0 Å². The molecule has 1 aromatic rings. The van der Waals surface area contributed by atoms with E-state index in [2.05, 4.69) is 29.4 Å². The molecule has 1 aliphatic heterocycles. The van der Waals surface area contributed by atoms with Crippen LogP contribution in [0.25, 0.3) is 0 Å². The monoisotopic (exact) mass is 364 g/mol. The normalized spacial score (nSPS) is 16.3. The van der Waals surface area contributed by atoms with Gasteiger partial charge in [0.1, 0.15) is 0 Å². The van der Waals surface area contributed by atoms with E-state index in [4.69, 9.17) is 4.74 Å². The van der Waals surface area contributed by atoms with Crippen LogP contribution < -0.4 is 10.6 Å². The van der Waals surface area contributed by atoms with Crippen LogP contribution in [0.2, 0.25) is 0 Å². The molecule has 0 aromatic heterocycles. The Morgan fingerprint density at radius 2 is 2.00 bits per heavy atom. The van der Waals surface area contributed by atoms with Gasteiger partial charge >= 0.3 is 6.03 Å². The molecule has 1 aromatic carbocycles. The first kappa shape index (κ1) is 20.1. The van der Waals surface area contributed by atoms with Crippen molar-refractivity contribution in [1.82, 2.24) is 10.2 Å². The first-order valence-corrected chi connectivity index (χ1v) is 9.16. The van der Waals surface area contributed by atoms with Crippen molar-refractivity contribution in [1.29, 1.82) is 0 Å². The van der Waals surface area contributed by atoms with Crippen LogP contribution in [-0.2, 0) is 4.74 Å². The third-order valence-corrected chi connectivity index (χ3v) is 4.89. The van der Waals surface area contributed by atoms with Gasteiger partial charge < -0.3 is 15.4 Å². The van der Waals surface area contributed by atoms with Gasteiger partial charge in [-0.2, -0.15) is 0 Å². The number of carbonyl (C=O) groups is 1. The molecule has 0 bridgehead atoms. The zero-order chi connectivity index (χ0) is 18.9. The lowest BCUT2D eigenvalue weighted by molar-refractivity contribution is -0.384. The number of nitrogens with one attached hydrogen (secondary N) is 2. The summed E-state index contributed by atoms with van der Waals surface area (Å²) in [4.78, 5) is 25.0. The summed E-state index contributed by atoms with van der Waals surface area (Å²) >= 11 is 0. The number of urea groups is 1. The average Bonchev–Trinajstić information content (AvgIpc) is 2.66. The Morgan fingerprint density at radius 3 is 2.62 bits per heavy atom. The smallest absolute Gasteiger partial charge is 0.319 e. The van der Waals surface area contributed by atoms with Gasteiger partial charge in [-0.25, -0.2) is 4.79 Å². The first-order valence-electron chi connectivity index (χ1n) is 9.16. The number of nitro groups is 1. The molecular weight excluding hydrogens is 336 g/mol. The molecule has 8 nitrogen and oxygen atoms in total. The number of benzene rings is 1. The number of ether oxygens (including phenoxy) is 1. The number of anilines is 1. The number of carbonyl (C=O) groups excluding carboxylic acids is 1. The minimum absolute atomic E-state index is 0.0500. The minimum atomic E-state index is -0.482. The molecule has 0 aliphatic carbocycles. The molecule has 1 fully saturated rings. The van der Waals surface area contributed by atoms with E-state index in [0.717, 1.165) is 39.1 Å². The van der Waals surface area contributed by atoms with Crippen molar-refractivity contribution in [3.05, 3.63) is 34.4 Å². The highest BCUT2D eigenvalue weighted by molar-refractivity contribution is 5.89. The molecule has 26 heavy (non-hydrogen) atoms. The number of hydrogen-bond donors (Lipinski definition) is 2. The third kappa shape index (κ3) is 5.67. The lowest BCUT2D eigenvalue weighted by Crippen LogP contribution is -2.52. The van der Waals surface area contributed by atoms with E-state index < -0.39 is 4.92 Å². The van der Waals surface area contributed by atoms with Crippen molar-refractivity contribution in [2.75, 3.05) is 38.2 Å². The number of non-ortho nitro benzene ring substituents is 1. The molecule has 8 heteroatoms. The molecule has 0 radical (unpaired) electrons. The van der Waals surface area contributed by atoms with E-state index in [9.17, 15) is 14.9 Å². The summed E-state index contributed by atoms with van der Waals surface area (Å²) < 4.78 is 5.44. The van der Waals surface area contributed by atoms with E-state index in [1.54, 1.807) is 12.1 Å². The molecule has 1 aliphatic rings. The SMILES string of the molecule is CCC(CC)C(CNC(=O)Nc1cccc([N+](=O)[O-])c1)N1CCOCC1. The van der Waals surface area contributed by atoms with Gasteiger partial charge in [0.05, 0.1) is 18.1 Å². The number of nitro benzene ring substituents is 1. The second-order valence-corrected chi connectivity index (χ2v) is 6.43. The zero-order valence-corrected chi connectivity index (χ0v) is 15.4. The summed E-state index contributed by atoms with van der Waals surface area (Å²) in [5, 5.41) is 16.4. The summed E-state index contributed by atoms with van der Waals surface area (Å²) in [6.07, 6.45) is 2.10. The summed E-state index contributed by atoms with van der Waals surface area (Å²) in [5.41, 5.74) is 0.355. The molecular formula is C18H28N4O4. The molecule has 1 heterocycles. The van der Waals surface area contributed by atoms with Crippen LogP contribution >= 0.6 is 0 Å². The topological polar surface area (TPSA) is 96.7 Å². The highest BCUT2D eigenvalue weighted by atomic mass is 16.6. The molecule has 1 saturated heterocycles. The van der Waals surface area contributed by atoms with E-state index in [1.807, 2.05) is 0 Å². The Labute approximate surface area is 154 Å². The van der Waals surface area contributed by atoms with Crippen LogP contribution in [0.1, 0.15) is 26.7 Å². The van der Waals surface area contributed by atoms with Gasteiger partial charge in [0, 0.05) is 43.5 Å². The van der Waals surface area contributed by atoms with E-state index >= 15 is 0 Å². The maximum absolute atomic E-state index is 12.2. The lowest BCUT2D eigenvalue weighted by atomic mass is 9.92. The summed E-state index contributed by atoms with van der Waals surface area (Å²) in [5.74, 6) is 0.492. The van der Waals surface area contributed by atoms with Gasteiger partial charge in [0.25, 0.3) is 5.69 Å². The molecule has 144 valence electrons. The molecule has 1 atom stereocenters. The second kappa shape index (κ2) is 10.1. The Kier molecular flexibility index (Phi) is 7.80. The number of hydrogen-bond acceptors (Lipinski definition) is 5. The van der Waals surface area contributed by atoms with Gasteiger partial charge in [-0.05, 0) is 12.0 Å².